The topological polar surface area (TPSA) is 28.7 Å². The summed E-state index contributed by atoms with van der Waals surface area (Å²) < 4.78 is 0. The molecule has 1 rings (SSSR count). The first kappa shape index (κ1) is 4.37. The summed E-state index contributed by atoms with van der Waals surface area (Å²) in [6, 6.07) is 0. The van der Waals surface area contributed by atoms with Gasteiger partial charge >= 0.3 is 0 Å². The maximum Gasteiger partial charge on any atom is 0.0522 e. The van der Waals surface area contributed by atoms with Crippen LogP contribution < -0.4 is 0 Å². The fraction of sp³-hybridized carbons (Fsp3) is 0.200. The molecule has 1 heterocycles. The van der Waals surface area contributed by atoms with E-state index in [1.165, 1.54) is 0 Å². The average molecular weight is 95.1 g/mol. The Labute approximate surface area is 42.6 Å². The van der Waals surface area contributed by atoms with E-state index in [0.717, 1.165) is 5.56 Å². The van der Waals surface area contributed by atoms with E-state index in [4.69, 9.17) is 0 Å². The number of nitrogens with zero attached hydrogens (tertiary/aromatic N) is 1. The Balaban J connectivity index is 2.76. The molecule has 0 aliphatic rings. The molecule has 0 atom stereocenters. The Morgan fingerprint density at radius 2 is 2.71 bits per heavy atom. The summed E-state index contributed by atoms with van der Waals surface area (Å²) in [6.45, 7) is 1.98. The SMILES string of the molecule is C[CH]c1cn[nH]c1. The van der Waals surface area contributed by atoms with Crippen LogP contribution in [0.1, 0.15) is 12.5 Å². The quantitative estimate of drug-likeness (QED) is 0.553. The highest BCUT2D eigenvalue weighted by atomic mass is 15.1. The molecule has 0 amide bonds. The smallest absolute Gasteiger partial charge is 0.0522 e. The van der Waals surface area contributed by atoms with Crippen LogP contribution in [0.15, 0.2) is 12.4 Å². The van der Waals surface area contributed by atoms with Crippen molar-refractivity contribution >= 4 is 0 Å². The van der Waals surface area contributed by atoms with Gasteiger partial charge in [0, 0.05) is 6.20 Å². The van der Waals surface area contributed by atoms with Gasteiger partial charge in [-0.15, -0.1) is 0 Å². The average Bonchev–Trinajstić information content (AvgIpc) is 2.14. The molecule has 1 aromatic rings. The second-order valence-corrected chi connectivity index (χ2v) is 1.32. The Bertz CT molecular complexity index is 121. The third-order valence-corrected chi connectivity index (χ3v) is 0.853. The molecule has 0 aliphatic heterocycles. The lowest BCUT2D eigenvalue weighted by atomic mass is 10.3. The van der Waals surface area contributed by atoms with Crippen molar-refractivity contribution in [1.29, 1.82) is 0 Å². The van der Waals surface area contributed by atoms with Crippen LogP contribution in [0, 0.1) is 6.42 Å². The molecule has 0 saturated carbocycles. The van der Waals surface area contributed by atoms with Crippen molar-refractivity contribution in [2.24, 2.45) is 0 Å². The van der Waals surface area contributed by atoms with Gasteiger partial charge in [-0.3, -0.25) is 5.10 Å². The minimum Gasteiger partial charge on any atom is -0.285 e. The van der Waals surface area contributed by atoms with Crippen LogP contribution >= 0.6 is 0 Å². The minimum atomic E-state index is 1.14. The van der Waals surface area contributed by atoms with Gasteiger partial charge in [0.1, 0.15) is 0 Å². The second kappa shape index (κ2) is 1.78. The van der Waals surface area contributed by atoms with Crippen LogP contribution in [0.4, 0.5) is 0 Å². The van der Waals surface area contributed by atoms with Gasteiger partial charge in [0.25, 0.3) is 0 Å². The molecular weight excluding hydrogens is 88.1 g/mol. The summed E-state index contributed by atoms with van der Waals surface area (Å²) in [5.74, 6) is 0. The number of aromatic nitrogens is 2. The van der Waals surface area contributed by atoms with Crippen molar-refractivity contribution < 1.29 is 0 Å². The van der Waals surface area contributed by atoms with E-state index in [9.17, 15) is 0 Å². The third-order valence-electron chi connectivity index (χ3n) is 0.853. The van der Waals surface area contributed by atoms with Gasteiger partial charge in [0.2, 0.25) is 0 Å². The van der Waals surface area contributed by atoms with Crippen molar-refractivity contribution in [1.82, 2.24) is 10.2 Å². The van der Waals surface area contributed by atoms with Gasteiger partial charge in [-0.25, -0.2) is 0 Å². The van der Waals surface area contributed by atoms with Gasteiger partial charge < -0.3 is 0 Å². The number of rotatable bonds is 1. The van der Waals surface area contributed by atoms with Gasteiger partial charge in [0.05, 0.1) is 6.20 Å². The molecule has 0 spiro atoms. The van der Waals surface area contributed by atoms with Gasteiger partial charge in [0.15, 0.2) is 0 Å². The van der Waals surface area contributed by atoms with E-state index in [-0.39, 0.29) is 0 Å². The molecule has 7 heavy (non-hydrogen) atoms. The fourth-order valence-corrected chi connectivity index (χ4v) is 0.419. The zero-order valence-electron chi connectivity index (χ0n) is 4.18. The van der Waals surface area contributed by atoms with E-state index in [1.807, 2.05) is 19.5 Å². The van der Waals surface area contributed by atoms with E-state index in [0.29, 0.717) is 0 Å². The van der Waals surface area contributed by atoms with Gasteiger partial charge in [-0.2, -0.15) is 5.10 Å². The predicted octanol–water partition coefficient (Wildman–Crippen LogP) is 0.982. The van der Waals surface area contributed by atoms with Gasteiger partial charge in [-0.1, -0.05) is 6.92 Å². The van der Waals surface area contributed by atoms with Crippen LogP contribution in [0.25, 0.3) is 0 Å². The molecule has 0 unspecified atom stereocenters. The molecule has 1 radical (unpaired) electrons. The van der Waals surface area contributed by atoms with Crippen LogP contribution in [-0.4, -0.2) is 10.2 Å². The standard InChI is InChI=1S/C5H7N2/c1-2-5-3-6-7-4-5/h2-4H,1H3,(H,6,7). The van der Waals surface area contributed by atoms with Crippen molar-refractivity contribution in [2.45, 2.75) is 6.92 Å². The number of nitrogens with one attached hydrogen (secondary N) is 1. The van der Waals surface area contributed by atoms with Gasteiger partial charge in [-0.05, 0) is 12.0 Å². The Kier molecular flexibility index (Phi) is 1.11. The van der Waals surface area contributed by atoms with E-state index in [1.54, 1.807) is 6.20 Å². The van der Waals surface area contributed by atoms with Crippen molar-refractivity contribution in [3.05, 3.63) is 24.4 Å². The minimum absolute atomic E-state index is 1.14. The van der Waals surface area contributed by atoms with Crippen LogP contribution in [0.5, 0.6) is 0 Å². The molecule has 2 heteroatoms. The molecule has 0 aliphatic carbocycles. The molecule has 2 nitrogen and oxygen atoms in total. The zero-order chi connectivity index (χ0) is 5.11. The Morgan fingerprint density at radius 3 is 3.00 bits per heavy atom. The van der Waals surface area contributed by atoms with Crippen LogP contribution in [0.2, 0.25) is 0 Å². The number of H-pyrrole nitrogens is 1. The van der Waals surface area contributed by atoms with Crippen molar-refractivity contribution in [3.8, 4) is 0 Å². The fourth-order valence-electron chi connectivity index (χ4n) is 0.419. The molecular formula is C5H7N2. The second-order valence-electron chi connectivity index (χ2n) is 1.32. The molecule has 0 fully saturated rings. The Hall–Kier alpha value is -0.790. The number of aromatic amines is 1. The first-order valence-corrected chi connectivity index (χ1v) is 2.21. The summed E-state index contributed by atoms with van der Waals surface area (Å²) in [6.07, 6.45) is 5.61. The monoisotopic (exact) mass is 95.1 g/mol. The van der Waals surface area contributed by atoms with Crippen molar-refractivity contribution in [2.75, 3.05) is 0 Å². The summed E-state index contributed by atoms with van der Waals surface area (Å²) in [5, 5.41) is 6.44. The first-order chi connectivity index (χ1) is 3.43. The summed E-state index contributed by atoms with van der Waals surface area (Å²) in [7, 11) is 0. The van der Waals surface area contributed by atoms with Crippen molar-refractivity contribution in [3.63, 3.8) is 0 Å². The molecule has 0 aromatic carbocycles. The lowest BCUT2D eigenvalue weighted by Gasteiger charge is -1.75. The highest BCUT2D eigenvalue weighted by molar-refractivity contribution is 5.11. The number of hydrogen-bond donors (Lipinski definition) is 1. The first-order valence-electron chi connectivity index (χ1n) is 2.21. The van der Waals surface area contributed by atoms with E-state index >= 15 is 0 Å². The number of hydrogen-bond acceptors (Lipinski definition) is 1. The molecule has 37 valence electrons. The normalized spacial score (nSPS) is 9.29. The summed E-state index contributed by atoms with van der Waals surface area (Å²) in [5.41, 5.74) is 1.14. The largest absolute Gasteiger partial charge is 0.285 e. The highest BCUT2D eigenvalue weighted by Gasteiger charge is 1.83. The summed E-state index contributed by atoms with van der Waals surface area (Å²) in [4.78, 5) is 0. The predicted molar refractivity (Wildman–Crippen MR) is 27.7 cm³/mol. The maximum absolute atomic E-state index is 3.74. The lowest BCUT2D eigenvalue weighted by molar-refractivity contribution is 1.09. The van der Waals surface area contributed by atoms with E-state index < -0.39 is 0 Å². The molecule has 1 aromatic heterocycles. The molecule has 0 bridgehead atoms. The Morgan fingerprint density at radius 1 is 1.86 bits per heavy atom. The molecule has 0 saturated heterocycles. The summed E-state index contributed by atoms with van der Waals surface area (Å²) >= 11 is 0. The maximum atomic E-state index is 3.74. The lowest BCUT2D eigenvalue weighted by Crippen LogP contribution is -1.63. The molecule has 1 N–H and O–H groups in total. The highest BCUT2D eigenvalue weighted by Crippen LogP contribution is 1.93. The zero-order valence-corrected chi connectivity index (χ0v) is 4.18. The van der Waals surface area contributed by atoms with E-state index in [2.05, 4.69) is 10.2 Å². The van der Waals surface area contributed by atoms with Crippen LogP contribution in [0.3, 0.4) is 0 Å². The third kappa shape index (κ3) is 0.796. The van der Waals surface area contributed by atoms with Crippen LogP contribution in [-0.2, 0) is 0 Å².